The molecule has 0 fully saturated rings. The van der Waals surface area contributed by atoms with Crippen LogP contribution in [0.1, 0.15) is 43.1 Å². The van der Waals surface area contributed by atoms with Crippen molar-refractivity contribution in [2.45, 2.75) is 32.6 Å². The number of nitrogens with zero attached hydrogens (tertiary/aromatic N) is 3. The zero-order chi connectivity index (χ0) is 24.0. The Kier molecular flexibility index (Phi) is 8.07. The number of terminal acetylenes is 1. The Morgan fingerprint density at radius 3 is 2.82 bits per heavy atom. The normalized spacial score (nSPS) is 12.0. The van der Waals surface area contributed by atoms with Crippen LogP contribution in [-0.4, -0.2) is 29.6 Å². The van der Waals surface area contributed by atoms with Crippen molar-refractivity contribution in [3.05, 3.63) is 74.8 Å². The van der Waals surface area contributed by atoms with Crippen molar-refractivity contribution < 1.29 is 9.47 Å². The van der Waals surface area contributed by atoms with Gasteiger partial charge in [0.2, 0.25) is 0 Å². The molecule has 0 unspecified atom stereocenters. The maximum Gasteiger partial charge on any atom is 0.282 e. The van der Waals surface area contributed by atoms with Crippen LogP contribution in [0.4, 0.5) is 0 Å². The Hall–Kier alpha value is -3.37. The number of allylic oxidation sites excluding steroid dienone is 1. The number of aromatic nitrogens is 2. The number of rotatable bonds is 9. The summed E-state index contributed by atoms with van der Waals surface area (Å²) in [5.74, 6) is 4.23. The molecule has 0 bridgehead atoms. The van der Waals surface area contributed by atoms with Crippen molar-refractivity contribution >= 4 is 33.0 Å². The third kappa shape index (κ3) is 5.35. The summed E-state index contributed by atoms with van der Waals surface area (Å²) in [7, 11) is 1.56. The van der Waals surface area contributed by atoms with Crippen LogP contribution in [0.15, 0.2) is 57.4 Å². The molecule has 33 heavy (non-hydrogen) atoms. The maximum absolute atomic E-state index is 13.3. The standard InChI is InChI=1S/C26H26BrN3O3/c1-6-9-19-13-18(14-23(32-5)24(19)33-12-7-2)16-28-30-25(17(4)8-3)29-22-11-10-20(27)15-21(22)26(30)31/h2,6,10-11,13-17H,1,8-9,12H2,3-5H3/t17-/m0/s1. The van der Waals surface area contributed by atoms with Crippen LogP contribution in [0.5, 0.6) is 11.5 Å². The molecule has 0 aliphatic rings. The molecular formula is C26H26BrN3O3. The summed E-state index contributed by atoms with van der Waals surface area (Å²) in [6.45, 7) is 8.02. The van der Waals surface area contributed by atoms with E-state index in [0.29, 0.717) is 34.6 Å². The van der Waals surface area contributed by atoms with Gasteiger partial charge in [-0.1, -0.05) is 41.8 Å². The molecule has 0 radical (unpaired) electrons. The molecule has 0 saturated heterocycles. The third-order valence-corrected chi connectivity index (χ3v) is 5.74. The van der Waals surface area contributed by atoms with Gasteiger partial charge in [-0.3, -0.25) is 4.79 Å². The Morgan fingerprint density at radius 2 is 2.15 bits per heavy atom. The van der Waals surface area contributed by atoms with Crippen molar-refractivity contribution in [1.82, 2.24) is 9.66 Å². The Balaban J connectivity index is 2.16. The molecular weight excluding hydrogens is 482 g/mol. The molecule has 6 nitrogen and oxygen atoms in total. The van der Waals surface area contributed by atoms with Gasteiger partial charge in [-0.15, -0.1) is 13.0 Å². The molecule has 0 spiro atoms. The Labute approximate surface area is 202 Å². The van der Waals surface area contributed by atoms with Gasteiger partial charge in [0.05, 0.1) is 24.2 Å². The van der Waals surface area contributed by atoms with Crippen LogP contribution in [0, 0.1) is 12.3 Å². The minimum absolute atomic E-state index is 0.0494. The van der Waals surface area contributed by atoms with Crippen LogP contribution in [0.2, 0.25) is 0 Å². The van der Waals surface area contributed by atoms with Crippen molar-refractivity contribution in [2.24, 2.45) is 5.10 Å². The summed E-state index contributed by atoms with van der Waals surface area (Å²) < 4.78 is 13.4. The van der Waals surface area contributed by atoms with Crippen molar-refractivity contribution in [3.8, 4) is 23.8 Å². The number of fused-ring (bicyclic) bond motifs is 1. The van der Waals surface area contributed by atoms with Gasteiger partial charge in [-0.25, -0.2) is 4.98 Å². The molecule has 1 heterocycles. The summed E-state index contributed by atoms with van der Waals surface area (Å²) in [6, 6.07) is 9.18. The van der Waals surface area contributed by atoms with Crippen molar-refractivity contribution in [1.29, 1.82) is 0 Å². The lowest BCUT2D eigenvalue weighted by atomic mass is 10.1. The van der Waals surface area contributed by atoms with Gasteiger partial charge in [-0.05, 0) is 48.7 Å². The fourth-order valence-electron chi connectivity index (χ4n) is 3.40. The molecule has 2 aromatic carbocycles. The fraction of sp³-hybridized carbons (Fsp3) is 0.269. The highest BCUT2D eigenvalue weighted by Crippen LogP contribution is 2.33. The van der Waals surface area contributed by atoms with Crippen LogP contribution in [0.3, 0.4) is 0 Å². The van der Waals surface area contributed by atoms with Crippen molar-refractivity contribution in [3.63, 3.8) is 0 Å². The first kappa shape index (κ1) is 24.3. The predicted molar refractivity (Wildman–Crippen MR) is 137 cm³/mol. The van der Waals surface area contributed by atoms with Gasteiger partial charge < -0.3 is 9.47 Å². The van der Waals surface area contributed by atoms with Crippen LogP contribution < -0.4 is 15.0 Å². The SMILES string of the molecule is C#CCOc1c(CC=C)cc(C=Nn2c([C@@H](C)CC)nc3ccc(Br)cc3c2=O)cc1OC. The zero-order valence-corrected chi connectivity index (χ0v) is 20.6. The van der Waals surface area contributed by atoms with Gasteiger partial charge >= 0.3 is 0 Å². The average molecular weight is 508 g/mol. The summed E-state index contributed by atoms with van der Waals surface area (Å²) >= 11 is 3.43. The first-order valence-electron chi connectivity index (χ1n) is 10.6. The van der Waals surface area contributed by atoms with Gasteiger partial charge in [0.15, 0.2) is 11.5 Å². The lowest BCUT2D eigenvalue weighted by Crippen LogP contribution is -2.23. The first-order valence-corrected chi connectivity index (χ1v) is 11.4. The molecule has 0 N–H and O–H groups in total. The summed E-state index contributed by atoms with van der Waals surface area (Å²) in [4.78, 5) is 18.1. The Morgan fingerprint density at radius 1 is 1.36 bits per heavy atom. The maximum atomic E-state index is 13.3. The highest BCUT2D eigenvalue weighted by atomic mass is 79.9. The number of methoxy groups -OCH3 is 1. The highest BCUT2D eigenvalue weighted by molar-refractivity contribution is 9.10. The van der Waals surface area contributed by atoms with E-state index in [2.05, 4.69) is 40.5 Å². The van der Waals surface area contributed by atoms with Gasteiger partial charge in [0.25, 0.3) is 5.56 Å². The molecule has 1 aromatic heterocycles. The third-order valence-electron chi connectivity index (χ3n) is 5.25. The number of benzene rings is 2. The number of halogens is 1. The molecule has 3 rings (SSSR count). The predicted octanol–water partition coefficient (Wildman–Crippen LogP) is 5.30. The molecule has 7 heteroatoms. The van der Waals surface area contributed by atoms with E-state index >= 15 is 0 Å². The fourth-order valence-corrected chi connectivity index (χ4v) is 3.76. The first-order chi connectivity index (χ1) is 15.9. The lowest BCUT2D eigenvalue weighted by Gasteiger charge is -2.15. The van der Waals surface area contributed by atoms with Crippen molar-refractivity contribution in [2.75, 3.05) is 13.7 Å². The largest absolute Gasteiger partial charge is 0.493 e. The van der Waals surface area contributed by atoms with E-state index in [1.165, 1.54) is 4.68 Å². The second-order valence-corrected chi connectivity index (χ2v) is 8.41. The lowest BCUT2D eigenvalue weighted by molar-refractivity contribution is 0.328. The minimum Gasteiger partial charge on any atom is -0.493 e. The van der Waals surface area contributed by atoms with E-state index in [1.807, 2.05) is 25.1 Å². The molecule has 0 saturated carbocycles. The zero-order valence-electron chi connectivity index (χ0n) is 19.0. The van der Waals surface area contributed by atoms with Gasteiger partial charge in [0, 0.05) is 16.0 Å². The van der Waals surface area contributed by atoms with Crippen LogP contribution >= 0.6 is 15.9 Å². The number of ether oxygens (including phenoxy) is 2. The minimum atomic E-state index is -0.222. The number of hydrogen-bond acceptors (Lipinski definition) is 5. The second-order valence-electron chi connectivity index (χ2n) is 7.50. The number of hydrogen-bond donors (Lipinski definition) is 0. The van der Waals surface area contributed by atoms with E-state index in [9.17, 15) is 4.79 Å². The average Bonchev–Trinajstić information content (AvgIpc) is 2.82. The van der Waals surface area contributed by atoms with E-state index in [0.717, 1.165) is 22.0 Å². The topological polar surface area (TPSA) is 65.7 Å². The van der Waals surface area contributed by atoms with E-state index in [4.69, 9.17) is 20.9 Å². The van der Waals surface area contributed by atoms with E-state index < -0.39 is 0 Å². The quantitative estimate of drug-likeness (QED) is 0.224. The van der Waals surface area contributed by atoms with Gasteiger partial charge in [-0.2, -0.15) is 9.78 Å². The highest BCUT2D eigenvalue weighted by Gasteiger charge is 2.16. The van der Waals surface area contributed by atoms with Gasteiger partial charge in [0.1, 0.15) is 12.4 Å². The Bertz CT molecular complexity index is 1300. The molecule has 1 atom stereocenters. The van der Waals surface area contributed by atoms with Crippen LogP contribution in [-0.2, 0) is 6.42 Å². The molecule has 0 amide bonds. The summed E-state index contributed by atoms with van der Waals surface area (Å²) in [6.07, 6.45) is 10.1. The smallest absolute Gasteiger partial charge is 0.282 e. The molecule has 0 aliphatic carbocycles. The van der Waals surface area contributed by atoms with E-state index in [1.54, 1.807) is 31.5 Å². The molecule has 0 aliphatic heterocycles. The van der Waals surface area contributed by atoms with Crippen LogP contribution in [0.25, 0.3) is 10.9 Å². The second kappa shape index (κ2) is 11.0. The van der Waals surface area contributed by atoms with E-state index in [-0.39, 0.29) is 18.1 Å². The monoisotopic (exact) mass is 507 g/mol. The summed E-state index contributed by atoms with van der Waals surface area (Å²) in [5.41, 5.74) is 2.03. The molecule has 170 valence electrons. The summed E-state index contributed by atoms with van der Waals surface area (Å²) in [5, 5.41) is 5.04. The molecule has 3 aromatic rings.